The summed E-state index contributed by atoms with van der Waals surface area (Å²) in [4.78, 5) is 0.510. The van der Waals surface area contributed by atoms with E-state index in [-0.39, 0.29) is 23.0 Å². The van der Waals surface area contributed by atoms with Crippen LogP contribution in [0.25, 0.3) is 6.08 Å². The van der Waals surface area contributed by atoms with Crippen LogP contribution >= 0.6 is 0 Å². The highest BCUT2D eigenvalue weighted by Gasteiger charge is 2.29. The molecule has 2 aromatic rings. The Morgan fingerprint density at radius 3 is 2.67 bits per heavy atom. The molecule has 0 amide bonds. The highest BCUT2D eigenvalue weighted by Crippen LogP contribution is 2.34. The first-order valence-corrected chi connectivity index (χ1v) is 7.94. The molecule has 0 saturated heterocycles. The summed E-state index contributed by atoms with van der Waals surface area (Å²) >= 11 is 0. The van der Waals surface area contributed by atoms with Crippen LogP contribution in [0.1, 0.15) is 11.1 Å². The summed E-state index contributed by atoms with van der Waals surface area (Å²) in [7, 11) is -3.49. The summed E-state index contributed by atoms with van der Waals surface area (Å²) in [5.74, 6) is 0.252. The molecule has 108 valence electrons. The molecule has 4 nitrogen and oxygen atoms in total. The van der Waals surface area contributed by atoms with Gasteiger partial charge in [0.05, 0.1) is 9.80 Å². The van der Waals surface area contributed by atoms with Crippen LogP contribution < -0.4 is 4.74 Å². The number of sulfone groups is 1. The molecular weight excluding hydrogens is 288 g/mol. The molecular formula is C16H14O4S. The zero-order valence-electron chi connectivity index (χ0n) is 11.4. The van der Waals surface area contributed by atoms with Crippen LogP contribution in [0, 0.1) is 6.92 Å². The number of ether oxygens (including phenoxy) is 1. The molecule has 2 aromatic carbocycles. The molecule has 0 radical (unpaired) electrons. The maximum absolute atomic E-state index is 12.4. The van der Waals surface area contributed by atoms with Crippen LogP contribution in [-0.2, 0) is 9.84 Å². The molecule has 1 aliphatic heterocycles. The molecule has 1 heterocycles. The van der Waals surface area contributed by atoms with Gasteiger partial charge in [0, 0.05) is 0 Å². The molecule has 1 N–H and O–H groups in total. The number of aromatic hydroxyl groups is 1. The van der Waals surface area contributed by atoms with Gasteiger partial charge < -0.3 is 9.84 Å². The Kier molecular flexibility index (Phi) is 3.22. The number of para-hydroxylation sites is 2. The molecule has 0 atom stereocenters. The van der Waals surface area contributed by atoms with Crippen molar-refractivity contribution in [3.05, 3.63) is 58.5 Å². The van der Waals surface area contributed by atoms with E-state index in [9.17, 15) is 13.5 Å². The fourth-order valence-corrected chi connectivity index (χ4v) is 3.72. The van der Waals surface area contributed by atoms with Crippen LogP contribution in [0.5, 0.6) is 11.5 Å². The number of benzene rings is 2. The lowest BCUT2D eigenvalue weighted by Crippen LogP contribution is -2.09. The first kappa shape index (κ1) is 13.7. The Bertz CT molecular complexity index is 835. The summed E-state index contributed by atoms with van der Waals surface area (Å²) in [5, 5.41) is 9.63. The standard InChI is InChI=1S/C16H14O4S/c1-11-6-7-16-12(8-11)9-13(21(16,18)19)10-20-15-5-3-2-4-14(15)17/h2-9,17H,10H2,1H3. The number of hydrogen-bond donors (Lipinski definition) is 1. The van der Waals surface area contributed by atoms with Gasteiger partial charge in [0.15, 0.2) is 11.5 Å². The van der Waals surface area contributed by atoms with E-state index in [2.05, 4.69) is 0 Å². The highest BCUT2D eigenvalue weighted by atomic mass is 32.2. The lowest BCUT2D eigenvalue weighted by Gasteiger charge is -2.08. The van der Waals surface area contributed by atoms with Crippen LogP contribution in [-0.4, -0.2) is 20.1 Å². The van der Waals surface area contributed by atoms with Crippen molar-refractivity contribution in [2.45, 2.75) is 11.8 Å². The zero-order valence-corrected chi connectivity index (χ0v) is 12.2. The Morgan fingerprint density at radius 2 is 1.90 bits per heavy atom. The SMILES string of the molecule is Cc1ccc2c(c1)C=C(COc1ccccc1O)S2(=O)=O. The second kappa shape index (κ2) is 4.93. The number of phenolic OH excluding ortho intramolecular Hbond substituents is 1. The normalized spacial score (nSPS) is 15.4. The van der Waals surface area contributed by atoms with Gasteiger partial charge in [-0.3, -0.25) is 0 Å². The second-order valence-corrected chi connectivity index (χ2v) is 6.88. The fourth-order valence-electron chi connectivity index (χ4n) is 2.26. The average molecular weight is 302 g/mol. The van der Waals surface area contributed by atoms with Crippen LogP contribution in [0.4, 0.5) is 0 Å². The van der Waals surface area contributed by atoms with Gasteiger partial charge in [0.1, 0.15) is 6.61 Å². The van der Waals surface area contributed by atoms with Crippen molar-refractivity contribution >= 4 is 15.9 Å². The van der Waals surface area contributed by atoms with Crippen molar-refractivity contribution in [1.29, 1.82) is 0 Å². The average Bonchev–Trinajstić information content (AvgIpc) is 2.68. The number of fused-ring (bicyclic) bond motifs is 1. The molecule has 5 heteroatoms. The van der Waals surface area contributed by atoms with Gasteiger partial charge in [0.2, 0.25) is 9.84 Å². The predicted octanol–water partition coefficient (Wildman–Crippen LogP) is 2.91. The molecule has 0 aliphatic carbocycles. The number of phenols is 1. The van der Waals surface area contributed by atoms with Gasteiger partial charge in [-0.15, -0.1) is 0 Å². The first-order chi connectivity index (χ1) is 9.98. The minimum Gasteiger partial charge on any atom is -0.504 e. The molecule has 0 saturated carbocycles. The number of hydrogen-bond acceptors (Lipinski definition) is 4. The molecule has 0 aromatic heterocycles. The van der Waals surface area contributed by atoms with Gasteiger partial charge in [-0.05, 0) is 36.8 Å². The Morgan fingerprint density at radius 1 is 1.14 bits per heavy atom. The maximum Gasteiger partial charge on any atom is 0.206 e. The summed E-state index contributed by atoms with van der Waals surface area (Å²) in [5.41, 5.74) is 1.69. The third-order valence-corrected chi connectivity index (χ3v) is 5.23. The van der Waals surface area contributed by atoms with E-state index in [1.54, 1.807) is 36.4 Å². The lowest BCUT2D eigenvalue weighted by molar-refractivity contribution is 0.333. The summed E-state index contributed by atoms with van der Waals surface area (Å²) < 4.78 is 30.2. The largest absolute Gasteiger partial charge is 0.504 e. The summed E-state index contributed by atoms with van der Waals surface area (Å²) in [6, 6.07) is 11.7. The minimum atomic E-state index is -3.49. The Hall–Kier alpha value is -2.27. The van der Waals surface area contributed by atoms with Gasteiger partial charge in [-0.1, -0.05) is 29.8 Å². The van der Waals surface area contributed by atoms with Crippen molar-refractivity contribution in [2.75, 3.05) is 6.61 Å². The lowest BCUT2D eigenvalue weighted by atomic mass is 10.1. The summed E-state index contributed by atoms with van der Waals surface area (Å²) in [6.45, 7) is 1.81. The third kappa shape index (κ3) is 2.40. The van der Waals surface area contributed by atoms with E-state index >= 15 is 0 Å². The van der Waals surface area contributed by atoms with Crippen LogP contribution in [0.15, 0.2) is 52.3 Å². The first-order valence-electron chi connectivity index (χ1n) is 6.45. The van der Waals surface area contributed by atoms with Crippen LogP contribution in [0.2, 0.25) is 0 Å². The molecule has 21 heavy (non-hydrogen) atoms. The molecule has 1 aliphatic rings. The van der Waals surface area contributed by atoms with E-state index in [1.807, 2.05) is 13.0 Å². The van der Waals surface area contributed by atoms with Crippen molar-refractivity contribution in [3.63, 3.8) is 0 Å². The van der Waals surface area contributed by atoms with Crippen molar-refractivity contribution in [2.24, 2.45) is 0 Å². The zero-order chi connectivity index (χ0) is 15.0. The Labute approximate surface area is 123 Å². The van der Waals surface area contributed by atoms with E-state index in [1.165, 1.54) is 6.07 Å². The van der Waals surface area contributed by atoms with Crippen molar-refractivity contribution in [3.8, 4) is 11.5 Å². The third-order valence-electron chi connectivity index (χ3n) is 3.35. The number of aryl methyl sites for hydroxylation is 1. The smallest absolute Gasteiger partial charge is 0.206 e. The quantitative estimate of drug-likeness (QED) is 0.947. The minimum absolute atomic E-state index is 0.0122. The van der Waals surface area contributed by atoms with Gasteiger partial charge in [-0.2, -0.15) is 0 Å². The van der Waals surface area contributed by atoms with E-state index in [0.29, 0.717) is 10.5 Å². The highest BCUT2D eigenvalue weighted by molar-refractivity contribution is 7.95. The van der Waals surface area contributed by atoms with E-state index < -0.39 is 9.84 Å². The van der Waals surface area contributed by atoms with Crippen molar-refractivity contribution < 1.29 is 18.3 Å². The van der Waals surface area contributed by atoms with Gasteiger partial charge in [0.25, 0.3) is 0 Å². The second-order valence-electron chi connectivity index (χ2n) is 4.91. The van der Waals surface area contributed by atoms with Crippen LogP contribution in [0.3, 0.4) is 0 Å². The molecule has 0 spiro atoms. The van der Waals surface area contributed by atoms with Gasteiger partial charge in [-0.25, -0.2) is 8.42 Å². The maximum atomic E-state index is 12.4. The number of rotatable bonds is 3. The van der Waals surface area contributed by atoms with Gasteiger partial charge >= 0.3 is 0 Å². The summed E-state index contributed by atoms with van der Waals surface area (Å²) in [6.07, 6.45) is 1.62. The van der Waals surface area contributed by atoms with Crippen molar-refractivity contribution in [1.82, 2.24) is 0 Å². The van der Waals surface area contributed by atoms with E-state index in [4.69, 9.17) is 4.74 Å². The molecule has 3 rings (SSSR count). The molecule has 0 unspecified atom stereocenters. The monoisotopic (exact) mass is 302 g/mol. The topological polar surface area (TPSA) is 63.6 Å². The Balaban J connectivity index is 1.88. The fraction of sp³-hybridized carbons (Fsp3) is 0.125. The van der Waals surface area contributed by atoms with E-state index in [0.717, 1.165) is 5.56 Å². The molecule has 0 bridgehead atoms. The predicted molar refractivity (Wildman–Crippen MR) is 79.9 cm³/mol. The molecule has 0 fully saturated rings.